The van der Waals surface area contributed by atoms with E-state index in [2.05, 4.69) is 0 Å². The summed E-state index contributed by atoms with van der Waals surface area (Å²) in [6.07, 6.45) is -1.05. The van der Waals surface area contributed by atoms with Gasteiger partial charge in [-0.3, -0.25) is 0 Å². The number of likely N-dealkylation sites (N-methyl/N-ethyl adjacent to an activating group) is 1. The number of nitrogens with zero attached hydrogens (tertiary/aromatic N) is 1. The summed E-state index contributed by atoms with van der Waals surface area (Å²) in [5.74, 6) is -0.939. The Balaban J connectivity index is 3.82. The van der Waals surface area contributed by atoms with Crippen molar-refractivity contribution in [1.29, 1.82) is 0 Å². The third kappa shape index (κ3) is 6.07. The molecule has 0 aliphatic heterocycles. The zero-order valence-corrected chi connectivity index (χ0v) is 8.81. The molecule has 0 aliphatic rings. The van der Waals surface area contributed by atoms with Crippen LogP contribution >= 0.6 is 7.80 Å². The molecule has 3 N–H and O–H groups in total. The molecule has 78 valence electrons. The Morgan fingerprint density at radius 1 is 1.38 bits per heavy atom. The molecule has 0 aliphatic carbocycles. The second-order valence-corrected chi connectivity index (χ2v) is 4.97. The van der Waals surface area contributed by atoms with Crippen LogP contribution < -0.4 is 0 Å². The van der Waals surface area contributed by atoms with Crippen molar-refractivity contribution in [3.8, 4) is 0 Å². The van der Waals surface area contributed by atoms with Gasteiger partial charge in [-0.05, 0) is 14.1 Å². The molecule has 0 spiro atoms. The normalized spacial score (nSPS) is 17.2. The van der Waals surface area contributed by atoms with Gasteiger partial charge in [0, 0.05) is 0 Å². The predicted molar refractivity (Wildman–Crippen MR) is 50.1 cm³/mol. The molecule has 0 bridgehead atoms. The summed E-state index contributed by atoms with van der Waals surface area (Å²) < 4.78 is 11.2. The van der Waals surface area contributed by atoms with Gasteiger partial charge in [0.05, 0.1) is 13.2 Å². The summed E-state index contributed by atoms with van der Waals surface area (Å²) in [5.41, 5.74) is 0. The highest BCUT2D eigenvalue weighted by molar-refractivity contribution is 7.45. The summed E-state index contributed by atoms with van der Waals surface area (Å²) in [6.45, 7) is -0.122. The third-order valence-corrected chi connectivity index (χ3v) is 3.07. The van der Waals surface area contributed by atoms with Gasteiger partial charge in [-0.25, -0.2) is 0 Å². The van der Waals surface area contributed by atoms with Crippen LogP contribution in [0.2, 0.25) is 0 Å². The SMILES string of the molecule is CN(C)CC(O)[P+](=O)CC(O)CO. The molecule has 0 aromatic heterocycles. The zero-order valence-electron chi connectivity index (χ0n) is 7.92. The van der Waals surface area contributed by atoms with Crippen molar-refractivity contribution in [3.63, 3.8) is 0 Å². The summed E-state index contributed by atoms with van der Waals surface area (Å²) >= 11 is 0. The molecular formula is C7H17NO4P+. The van der Waals surface area contributed by atoms with E-state index in [-0.39, 0.29) is 6.16 Å². The van der Waals surface area contributed by atoms with E-state index in [1.165, 1.54) is 0 Å². The second-order valence-electron chi connectivity index (χ2n) is 3.18. The van der Waals surface area contributed by atoms with Gasteiger partial charge < -0.3 is 20.2 Å². The Bertz CT molecular complexity index is 165. The fourth-order valence-corrected chi connectivity index (χ4v) is 2.09. The van der Waals surface area contributed by atoms with Gasteiger partial charge in [0.25, 0.3) is 5.85 Å². The smallest absolute Gasteiger partial charge is 0.374 e. The van der Waals surface area contributed by atoms with Gasteiger partial charge in [-0.2, -0.15) is 0 Å². The van der Waals surface area contributed by atoms with Crippen molar-refractivity contribution >= 4 is 7.80 Å². The minimum Gasteiger partial charge on any atom is -0.394 e. The van der Waals surface area contributed by atoms with Gasteiger partial charge >= 0.3 is 7.80 Å². The van der Waals surface area contributed by atoms with E-state index in [1.54, 1.807) is 19.0 Å². The van der Waals surface area contributed by atoms with Gasteiger partial charge in [0.15, 0.2) is 6.16 Å². The van der Waals surface area contributed by atoms with Crippen molar-refractivity contribution in [2.75, 3.05) is 33.4 Å². The molecule has 0 fully saturated rings. The molecule has 0 saturated heterocycles. The molecule has 0 aromatic rings. The van der Waals surface area contributed by atoms with Crippen molar-refractivity contribution in [1.82, 2.24) is 4.90 Å². The maximum absolute atomic E-state index is 11.2. The average Bonchev–Trinajstić information content (AvgIpc) is 2.02. The molecule has 5 nitrogen and oxygen atoms in total. The van der Waals surface area contributed by atoms with Crippen molar-refractivity contribution in [3.05, 3.63) is 0 Å². The number of rotatable bonds is 6. The lowest BCUT2D eigenvalue weighted by Gasteiger charge is -2.09. The average molecular weight is 210 g/mol. The Kier molecular flexibility index (Phi) is 6.37. The van der Waals surface area contributed by atoms with Crippen molar-refractivity contribution in [2.24, 2.45) is 0 Å². The molecule has 0 amide bonds. The molecule has 0 saturated carbocycles. The molecule has 3 atom stereocenters. The zero-order chi connectivity index (χ0) is 10.4. The van der Waals surface area contributed by atoms with Crippen LogP contribution in [0.1, 0.15) is 0 Å². The number of hydrogen-bond acceptors (Lipinski definition) is 5. The molecule has 0 aromatic carbocycles. The fourth-order valence-electron chi connectivity index (χ4n) is 0.805. The Hall–Kier alpha value is -0.0600. The molecule has 3 unspecified atom stereocenters. The molecule has 0 radical (unpaired) electrons. The molecule has 6 heteroatoms. The largest absolute Gasteiger partial charge is 0.394 e. The highest BCUT2D eigenvalue weighted by Gasteiger charge is 2.30. The topological polar surface area (TPSA) is 81.0 Å². The summed E-state index contributed by atoms with van der Waals surface area (Å²) in [7, 11) is 1.65. The lowest BCUT2D eigenvalue weighted by Crippen LogP contribution is -2.25. The number of aliphatic hydroxyl groups is 3. The first-order valence-corrected chi connectivity index (χ1v) is 5.54. The Morgan fingerprint density at radius 3 is 2.31 bits per heavy atom. The minimum atomic E-state index is -1.87. The van der Waals surface area contributed by atoms with E-state index in [1.807, 2.05) is 0 Å². The van der Waals surface area contributed by atoms with Gasteiger partial charge in [0.2, 0.25) is 0 Å². The van der Waals surface area contributed by atoms with Crippen molar-refractivity contribution < 1.29 is 19.9 Å². The van der Waals surface area contributed by atoms with Gasteiger partial charge in [0.1, 0.15) is 6.10 Å². The van der Waals surface area contributed by atoms with E-state index >= 15 is 0 Å². The maximum atomic E-state index is 11.2. The first-order chi connectivity index (χ1) is 5.97. The number of aliphatic hydroxyl groups excluding tert-OH is 3. The molecule has 0 rings (SSSR count). The van der Waals surface area contributed by atoms with E-state index < -0.39 is 26.4 Å². The number of hydrogen-bond donors (Lipinski definition) is 3. The van der Waals surface area contributed by atoms with Gasteiger partial charge in [-0.15, -0.1) is 0 Å². The van der Waals surface area contributed by atoms with E-state index in [0.717, 1.165) is 0 Å². The fraction of sp³-hybridized carbons (Fsp3) is 1.00. The van der Waals surface area contributed by atoms with Crippen LogP contribution in [0.3, 0.4) is 0 Å². The van der Waals surface area contributed by atoms with E-state index in [4.69, 9.17) is 10.2 Å². The monoisotopic (exact) mass is 210 g/mol. The van der Waals surface area contributed by atoms with Crippen LogP contribution in [0.15, 0.2) is 0 Å². The maximum Gasteiger partial charge on any atom is 0.374 e. The van der Waals surface area contributed by atoms with Crippen molar-refractivity contribution in [2.45, 2.75) is 11.9 Å². The van der Waals surface area contributed by atoms with Crippen LogP contribution in [0.5, 0.6) is 0 Å². The van der Waals surface area contributed by atoms with Crippen LogP contribution in [0.4, 0.5) is 0 Å². The standard InChI is InChI=1S/C7H17NO4P/c1-8(2)3-7(11)13(12)5-6(10)4-9/h6-7,9-11H,3-5H2,1-2H3/q+1. The van der Waals surface area contributed by atoms with E-state index in [9.17, 15) is 9.67 Å². The van der Waals surface area contributed by atoms with Gasteiger partial charge in [-0.1, -0.05) is 4.57 Å². The van der Waals surface area contributed by atoms with E-state index in [0.29, 0.717) is 6.54 Å². The van der Waals surface area contributed by atoms with Crippen LogP contribution in [0, 0.1) is 0 Å². The summed E-state index contributed by atoms with van der Waals surface area (Å²) in [4.78, 5) is 1.71. The first-order valence-electron chi connectivity index (χ1n) is 4.03. The predicted octanol–water partition coefficient (Wildman–Crippen LogP) is -0.953. The Labute approximate surface area is 78.8 Å². The molecule has 0 heterocycles. The van der Waals surface area contributed by atoms with Crippen LogP contribution in [0.25, 0.3) is 0 Å². The highest BCUT2D eigenvalue weighted by atomic mass is 31.1. The minimum absolute atomic E-state index is 0.0547. The van der Waals surface area contributed by atoms with Crippen LogP contribution in [-0.4, -0.2) is 65.6 Å². The molecule has 13 heavy (non-hydrogen) atoms. The quantitative estimate of drug-likeness (QED) is 0.492. The lowest BCUT2D eigenvalue weighted by atomic mass is 10.4. The third-order valence-electron chi connectivity index (χ3n) is 1.46. The highest BCUT2D eigenvalue weighted by Crippen LogP contribution is 2.27. The second kappa shape index (κ2) is 6.40. The Morgan fingerprint density at radius 2 is 1.92 bits per heavy atom. The lowest BCUT2D eigenvalue weighted by molar-refractivity contribution is 0.110. The first kappa shape index (κ1) is 12.9. The van der Waals surface area contributed by atoms with Crippen LogP contribution in [-0.2, 0) is 4.57 Å². The molecular weight excluding hydrogens is 193 g/mol. The summed E-state index contributed by atoms with van der Waals surface area (Å²) in [5, 5.41) is 26.7. The summed E-state index contributed by atoms with van der Waals surface area (Å²) in [6, 6.07) is 0.